The molecule has 0 unspecified atom stereocenters. The lowest BCUT2D eigenvalue weighted by Gasteiger charge is -2.53. The van der Waals surface area contributed by atoms with Crippen LogP contribution in [0, 0.1) is 5.41 Å². The zero-order chi connectivity index (χ0) is 25.0. The smallest absolute Gasteiger partial charge is 0.261 e. The van der Waals surface area contributed by atoms with Crippen molar-refractivity contribution in [3.8, 4) is 5.75 Å². The highest BCUT2D eigenvalue weighted by Crippen LogP contribution is 2.49. The van der Waals surface area contributed by atoms with Gasteiger partial charge >= 0.3 is 0 Å². The number of ether oxygens (including phenoxy) is 1. The van der Waals surface area contributed by atoms with Crippen LogP contribution >= 0.6 is 23.2 Å². The number of nitrogens with zero attached hydrogens (tertiary/aromatic N) is 4. The van der Waals surface area contributed by atoms with Crippen molar-refractivity contribution in [1.29, 1.82) is 0 Å². The van der Waals surface area contributed by atoms with E-state index in [1.54, 1.807) is 24.3 Å². The zero-order valence-corrected chi connectivity index (χ0v) is 21.6. The highest BCUT2D eigenvalue weighted by Gasteiger charge is 2.60. The van der Waals surface area contributed by atoms with Crippen molar-refractivity contribution in [3.63, 3.8) is 0 Å². The van der Waals surface area contributed by atoms with Gasteiger partial charge in [0.25, 0.3) is 5.91 Å². The lowest BCUT2D eigenvalue weighted by Crippen LogP contribution is -2.67. The van der Waals surface area contributed by atoms with Gasteiger partial charge in [0, 0.05) is 41.1 Å². The molecule has 0 N–H and O–H groups in total. The minimum Gasteiger partial charge on any atom is -0.497 e. The van der Waals surface area contributed by atoms with Gasteiger partial charge < -0.3 is 14.5 Å². The summed E-state index contributed by atoms with van der Waals surface area (Å²) in [6.07, 6.45) is 0.579. The summed E-state index contributed by atoms with van der Waals surface area (Å²) in [6.45, 7) is 4.27. The fourth-order valence-electron chi connectivity index (χ4n) is 5.87. The van der Waals surface area contributed by atoms with Crippen LogP contribution in [0.1, 0.15) is 12.5 Å². The van der Waals surface area contributed by atoms with E-state index in [1.165, 1.54) is 0 Å². The Morgan fingerprint density at radius 2 is 1.64 bits per heavy atom. The summed E-state index contributed by atoms with van der Waals surface area (Å²) in [5.41, 5.74) is 4.10. The molecule has 0 aromatic heterocycles. The van der Waals surface area contributed by atoms with Gasteiger partial charge in [0.15, 0.2) is 0 Å². The summed E-state index contributed by atoms with van der Waals surface area (Å²) in [6, 6.07) is 21.2. The van der Waals surface area contributed by atoms with Gasteiger partial charge in [0.1, 0.15) is 11.2 Å². The monoisotopic (exact) mass is 520 g/mol. The minimum absolute atomic E-state index is 0.00509. The molecule has 3 aliphatic heterocycles. The molecule has 184 valence electrons. The van der Waals surface area contributed by atoms with Crippen LogP contribution < -0.4 is 19.5 Å². The highest BCUT2D eigenvalue weighted by atomic mass is 35.5. The summed E-state index contributed by atoms with van der Waals surface area (Å²) in [5.74, 6) is 0.817. The molecule has 1 amide bonds. The van der Waals surface area contributed by atoms with Gasteiger partial charge in [0.2, 0.25) is 0 Å². The number of rotatable bonds is 3. The van der Waals surface area contributed by atoms with Crippen LogP contribution in [-0.2, 0) is 11.2 Å². The van der Waals surface area contributed by atoms with E-state index >= 15 is 0 Å². The Bertz CT molecular complexity index is 1360. The standard InChI is InChI=1S/C28H26Cl2N4O2/c1-18-28(27(35)34(31-18)23-7-5-20(29)6-8-23)16-19-3-4-21(30)15-25(19)33-14-13-32(17-26(28)33)22-9-11-24(36-2)12-10-22/h3-12,15,26H,13-14,16-17H2,1-2H3/t26-,28+/m1/s1. The molecule has 6 nitrogen and oxygen atoms in total. The fourth-order valence-corrected chi connectivity index (χ4v) is 6.16. The number of carbonyl (C=O) groups is 1. The number of anilines is 3. The topological polar surface area (TPSA) is 48.4 Å². The van der Waals surface area contributed by atoms with Crippen molar-refractivity contribution in [2.24, 2.45) is 10.5 Å². The lowest BCUT2D eigenvalue weighted by molar-refractivity contribution is -0.125. The van der Waals surface area contributed by atoms with E-state index in [0.29, 0.717) is 23.0 Å². The second-order valence-corrected chi connectivity index (χ2v) is 10.4. The first-order chi connectivity index (χ1) is 17.4. The quantitative estimate of drug-likeness (QED) is 0.446. The van der Waals surface area contributed by atoms with Crippen molar-refractivity contribution in [3.05, 3.63) is 82.3 Å². The average Bonchev–Trinajstić information content (AvgIpc) is 3.15. The Kier molecular flexibility index (Phi) is 5.61. The molecule has 0 saturated carbocycles. The largest absolute Gasteiger partial charge is 0.497 e. The van der Waals surface area contributed by atoms with E-state index in [0.717, 1.165) is 47.2 Å². The van der Waals surface area contributed by atoms with E-state index in [9.17, 15) is 4.79 Å². The van der Waals surface area contributed by atoms with E-state index in [2.05, 4.69) is 28.0 Å². The molecular weight excluding hydrogens is 495 g/mol. The SMILES string of the molecule is COc1ccc(N2CCN3c4cc(Cl)ccc4C[C@@]4(C(=O)N(c5ccc(Cl)cc5)N=C4C)[C@H]3C2)cc1. The molecule has 1 fully saturated rings. The number of hydrogen-bond donors (Lipinski definition) is 0. The van der Waals surface area contributed by atoms with E-state index in [1.807, 2.05) is 43.3 Å². The fraction of sp³-hybridized carbons (Fsp3) is 0.286. The first kappa shape index (κ1) is 23.2. The van der Waals surface area contributed by atoms with Crippen LogP contribution in [-0.4, -0.2) is 44.4 Å². The van der Waals surface area contributed by atoms with Gasteiger partial charge in [0.05, 0.1) is 24.6 Å². The number of halogens is 2. The third kappa shape index (κ3) is 3.54. The van der Waals surface area contributed by atoms with E-state index < -0.39 is 5.41 Å². The molecule has 8 heteroatoms. The predicted molar refractivity (Wildman–Crippen MR) is 146 cm³/mol. The van der Waals surface area contributed by atoms with Crippen LogP contribution in [0.2, 0.25) is 10.0 Å². The summed E-state index contributed by atoms with van der Waals surface area (Å²) >= 11 is 12.5. The predicted octanol–water partition coefficient (Wildman–Crippen LogP) is 5.66. The van der Waals surface area contributed by atoms with E-state index in [-0.39, 0.29) is 11.9 Å². The van der Waals surface area contributed by atoms with E-state index in [4.69, 9.17) is 33.0 Å². The summed E-state index contributed by atoms with van der Waals surface area (Å²) in [5, 5.41) is 7.69. The molecule has 1 spiro atoms. The molecule has 3 aliphatic rings. The minimum atomic E-state index is -0.786. The van der Waals surface area contributed by atoms with Crippen LogP contribution in [0.4, 0.5) is 17.1 Å². The van der Waals surface area contributed by atoms with Gasteiger partial charge in [-0.1, -0.05) is 29.3 Å². The van der Waals surface area contributed by atoms with Gasteiger partial charge in [-0.2, -0.15) is 10.1 Å². The summed E-state index contributed by atoms with van der Waals surface area (Å²) in [4.78, 5) is 19.0. The normalized spacial score (nSPS) is 23.0. The maximum Gasteiger partial charge on any atom is 0.261 e. The number of hydrazone groups is 1. The Balaban J connectivity index is 1.43. The molecular formula is C28H26Cl2N4O2. The molecule has 3 heterocycles. The molecule has 3 aromatic rings. The lowest BCUT2D eigenvalue weighted by atomic mass is 9.67. The maximum atomic E-state index is 14.3. The third-order valence-corrected chi connectivity index (χ3v) is 8.24. The molecule has 36 heavy (non-hydrogen) atoms. The highest BCUT2D eigenvalue weighted by molar-refractivity contribution is 6.31. The van der Waals surface area contributed by atoms with Crippen LogP contribution in [0.5, 0.6) is 5.75 Å². The average molecular weight is 521 g/mol. The van der Waals surface area contributed by atoms with Crippen molar-refractivity contribution in [2.75, 3.05) is 41.6 Å². The van der Waals surface area contributed by atoms with Crippen LogP contribution in [0.3, 0.4) is 0 Å². The van der Waals surface area contributed by atoms with Crippen molar-refractivity contribution < 1.29 is 9.53 Å². The molecule has 0 aliphatic carbocycles. The zero-order valence-electron chi connectivity index (χ0n) is 20.1. The van der Waals surface area contributed by atoms with Crippen molar-refractivity contribution in [1.82, 2.24) is 0 Å². The Hall–Kier alpha value is -3.22. The Morgan fingerprint density at radius 3 is 2.36 bits per heavy atom. The Morgan fingerprint density at radius 1 is 0.944 bits per heavy atom. The molecule has 0 bridgehead atoms. The number of methoxy groups -OCH3 is 1. The molecule has 6 rings (SSSR count). The maximum absolute atomic E-state index is 14.3. The number of hydrogen-bond acceptors (Lipinski definition) is 5. The first-order valence-corrected chi connectivity index (χ1v) is 12.8. The second-order valence-electron chi connectivity index (χ2n) is 9.55. The van der Waals surface area contributed by atoms with Gasteiger partial charge in [-0.15, -0.1) is 0 Å². The summed E-state index contributed by atoms with van der Waals surface area (Å²) < 4.78 is 5.34. The van der Waals surface area contributed by atoms with Crippen molar-refractivity contribution in [2.45, 2.75) is 19.4 Å². The van der Waals surface area contributed by atoms with Gasteiger partial charge in [-0.25, -0.2) is 0 Å². The summed E-state index contributed by atoms with van der Waals surface area (Å²) in [7, 11) is 1.67. The number of benzene rings is 3. The van der Waals surface area contributed by atoms with Gasteiger partial charge in [-0.05, 0) is 79.6 Å². The molecule has 2 atom stereocenters. The number of amides is 1. The Labute approximate surface area is 220 Å². The number of carbonyl (C=O) groups excluding carboxylic acids is 1. The molecule has 3 aromatic carbocycles. The van der Waals surface area contributed by atoms with Gasteiger partial charge in [-0.3, -0.25) is 4.79 Å². The molecule has 0 radical (unpaired) electrons. The number of fused-ring (bicyclic) bond motifs is 4. The second kappa shape index (κ2) is 8.71. The van der Waals surface area contributed by atoms with Crippen molar-refractivity contribution >= 4 is 51.9 Å². The van der Waals surface area contributed by atoms with Crippen LogP contribution in [0.15, 0.2) is 71.8 Å². The third-order valence-electron chi connectivity index (χ3n) is 7.75. The van der Waals surface area contributed by atoms with Crippen LogP contribution in [0.25, 0.3) is 0 Å². The molecule has 1 saturated heterocycles. The number of piperazine rings is 1. The first-order valence-electron chi connectivity index (χ1n) is 12.0.